The van der Waals surface area contributed by atoms with Crippen LogP contribution in [0, 0.1) is 0 Å². The molecule has 5 heteroatoms. The lowest BCUT2D eigenvalue weighted by Gasteiger charge is -2.13. The van der Waals surface area contributed by atoms with Crippen molar-refractivity contribution in [1.29, 1.82) is 0 Å². The quantitative estimate of drug-likeness (QED) is 0.659. The van der Waals surface area contributed by atoms with Crippen LogP contribution in [-0.4, -0.2) is 29.9 Å². The van der Waals surface area contributed by atoms with Crippen molar-refractivity contribution in [3.8, 4) is 0 Å². The summed E-state index contributed by atoms with van der Waals surface area (Å²) in [4.78, 5) is 28.8. The lowest BCUT2D eigenvalue weighted by molar-refractivity contribution is 0.0953. The maximum absolute atomic E-state index is 12.4. The van der Waals surface area contributed by atoms with E-state index >= 15 is 0 Å². The zero-order valence-electron chi connectivity index (χ0n) is 16.6. The molecule has 0 fully saturated rings. The number of hydrogen-bond acceptors (Lipinski definition) is 3. The van der Waals surface area contributed by atoms with Gasteiger partial charge in [0.15, 0.2) is 0 Å². The van der Waals surface area contributed by atoms with E-state index in [1.807, 2.05) is 0 Å². The first-order chi connectivity index (χ1) is 13.7. The number of rotatable bonds is 8. The highest BCUT2D eigenvalue weighted by Gasteiger charge is 2.12. The summed E-state index contributed by atoms with van der Waals surface area (Å²) in [5.41, 5.74) is 3.73. The van der Waals surface area contributed by atoms with Gasteiger partial charge in [-0.3, -0.25) is 14.6 Å². The van der Waals surface area contributed by atoms with Crippen molar-refractivity contribution in [3.05, 3.63) is 52.9 Å². The molecule has 0 bridgehead atoms. The zero-order chi connectivity index (χ0) is 19.6. The van der Waals surface area contributed by atoms with E-state index in [-0.39, 0.29) is 11.8 Å². The van der Waals surface area contributed by atoms with Crippen LogP contribution in [0.3, 0.4) is 0 Å². The van der Waals surface area contributed by atoms with Crippen LogP contribution in [0.4, 0.5) is 0 Å². The van der Waals surface area contributed by atoms with Crippen LogP contribution in [-0.2, 0) is 0 Å². The Morgan fingerprint density at radius 3 is 1.71 bits per heavy atom. The highest BCUT2D eigenvalue weighted by Crippen LogP contribution is 2.20. The van der Waals surface area contributed by atoms with Crippen molar-refractivity contribution in [2.45, 2.75) is 64.2 Å². The SMILES string of the molecule is O=C(NCCC1=CCCCC1)c1cncc(C(=O)NCCC2=CCCCC2)c1. The summed E-state index contributed by atoms with van der Waals surface area (Å²) in [5, 5.41) is 5.88. The number of nitrogens with zero attached hydrogens (tertiary/aromatic N) is 1. The van der Waals surface area contributed by atoms with Gasteiger partial charge >= 0.3 is 0 Å². The van der Waals surface area contributed by atoms with Crippen LogP contribution in [0.15, 0.2) is 41.8 Å². The molecule has 1 heterocycles. The largest absolute Gasteiger partial charge is 0.352 e. The van der Waals surface area contributed by atoms with E-state index in [0.29, 0.717) is 24.2 Å². The first-order valence-corrected chi connectivity index (χ1v) is 10.6. The number of allylic oxidation sites excluding steroid dienone is 2. The number of hydrogen-bond donors (Lipinski definition) is 2. The monoisotopic (exact) mass is 381 g/mol. The van der Waals surface area contributed by atoms with Crippen LogP contribution in [0.2, 0.25) is 0 Å². The van der Waals surface area contributed by atoms with E-state index in [0.717, 1.165) is 38.5 Å². The smallest absolute Gasteiger partial charge is 0.252 e. The molecule has 0 saturated carbocycles. The van der Waals surface area contributed by atoms with E-state index < -0.39 is 0 Å². The number of aromatic nitrogens is 1. The van der Waals surface area contributed by atoms with E-state index in [9.17, 15) is 9.59 Å². The summed E-state index contributed by atoms with van der Waals surface area (Å²) in [5.74, 6) is -0.350. The number of amides is 2. The molecule has 0 saturated heterocycles. The lowest BCUT2D eigenvalue weighted by atomic mass is 9.97. The summed E-state index contributed by atoms with van der Waals surface area (Å²) >= 11 is 0. The third-order valence-electron chi connectivity index (χ3n) is 5.50. The van der Waals surface area contributed by atoms with Crippen molar-refractivity contribution in [1.82, 2.24) is 15.6 Å². The molecule has 2 aliphatic carbocycles. The average Bonchev–Trinajstić information content (AvgIpc) is 2.75. The molecule has 28 heavy (non-hydrogen) atoms. The van der Waals surface area contributed by atoms with E-state index in [1.165, 1.54) is 49.2 Å². The molecular formula is C23H31N3O2. The molecule has 0 atom stereocenters. The van der Waals surface area contributed by atoms with Gasteiger partial charge in [0, 0.05) is 25.5 Å². The van der Waals surface area contributed by atoms with Crippen LogP contribution in [0.25, 0.3) is 0 Å². The number of carbonyl (C=O) groups excluding carboxylic acids is 2. The first kappa shape index (κ1) is 20.3. The Kier molecular flexibility index (Phi) is 7.82. The van der Waals surface area contributed by atoms with Gasteiger partial charge in [0.1, 0.15) is 0 Å². The Labute approximate surface area is 167 Å². The second-order valence-electron chi connectivity index (χ2n) is 7.69. The topological polar surface area (TPSA) is 71.1 Å². The standard InChI is InChI=1S/C23H31N3O2/c27-22(25-13-11-18-7-3-1-4-8-18)20-15-21(17-24-16-20)23(28)26-14-12-19-9-5-2-6-10-19/h7,9,15-17H,1-6,8,10-14H2,(H,25,27)(H,26,28). The predicted molar refractivity (Wildman–Crippen MR) is 111 cm³/mol. The highest BCUT2D eigenvalue weighted by atomic mass is 16.2. The summed E-state index contributed by atoms with van der Waals surface area (Å²) in [6.45, 7) is 1.24. The molecule has 0 aromatic carbocycles. The number of carbonyl (C=O) groups is 2. The lowest BCUT2D eigenvalue weighted by Crippen LogP contribution is -2.27. The van der Waals surface area contributed by atoms with Crippen molar-refractivity contribution in [2.24, 2.45) is 0 Å². The van der Waals surface area contributed by atoms with E-state index in [1.54, 1.807) is 6.07 Å². The van der Waals surface area contributed by atoms with Gasteiger partial charge in [0.25, 0.3) is 11.8 Å². The molecule has 2 aliphatic rings. The minimum atomic E-state index is -0.175. The van der Waals surface area contributed by atoms with Crippen molar-refractivity contribution >= 4 is 11.8 Å². The molecule has 0 spiro atoms. The molecular weight excluding hydrogens is 350 g/mol. The summed E-state index contributed by atoms with van der Waals surface area (Å²) < 4.78 is 0. The average molecular weight is 382 g/mol. The van der Waals surface area contributed by atoms with Gasteiger partial charge in [0.05, 0.1) is 11.1 Å². The molecule has 1 aromatic rings. The molecule has 150 valence electrons. The minimum Gasteiger partial charge on any atom is -0.352 e. The van der Waals surface area contributed by atoms with E-state index in [4.69, 9.17) is 0 Å². The second kappa shape index (κ2) is 10.8. The molecule has 5 nitrogen and oxygen atoms in total. The molecule has 2 amide bonds. The van der Waals surface area contributed by atoms with Crippen LogP contribution in [0.1, 0.15) is 84.9 Å². The third kappa shape index (κ3) is 6.32. The molecule has 0 unspecified atom stereocenters. The van der Waals surface area contributed by atoms with Gasteiger partial charge in [-0.05, 0) is 70.3 Å². The maximum Gasteiger partial charge on any atom is 0.252 e. The van der Waals surface area contributed by atoms with Crippen molar-refractivity contribution in [2.75, 3.05) is 13.1 Å². The Bertz CT molecular complexity index is 693. The first-order valence-electron chi connectivity index (χ1n) is 10.6. The Morgan fingerprint density at radius 1 is 0.786 bits per heavy atom. The fourth-order valence-electron chi connectivity index (χ4n) is 3.83. The van der Waals surface area contributed by atoms with Crippen LogP contribution in [0.5, 0.6) is 0 Å². The number of nitrogens with one attached hydrogen (secondary N) is 2. The summed E-state index contributed by atoms with van der Waals surface area (Å²) in [6.07, 6.45) is 19.1. The molecule has 3 rings (SSSR count). The van der Waals surface area contributed by atoms with Gasteiger partial charge in [-0.25, -0.2) is 0 Å². The molecule has 0 radical (unpaired) electrons. The van der Waals surface area contributed by atoms with Crippen LogP contribution < -0.4 is 10.6 Å². The highest BCUT2D eigenvalue weighted by molar-refractivity contribution is 5.99. The molecule has 1 aromatic heterocycles. The summed E-state index contributed by atoms with van der Waals surface area (Å²) in [7, 11) is 0. The minimum absolute atomic E-state index is 0.175. The zero-order valence-corrected chi connectivity index (χ0v) is 16.6. The second-order valence-corrected chi connectivity index (χ2v) is 7.69. The van der Waals surface area contributed by atoms with Gasteiger partial charge < -0.3 is 10.6 Å². The van der Waals surface area contributed by atoms with Gasteiger partial charge in [-0.1, -0.05) is 23.3 Å². The Balaban J connectivity index is 1.45. The maximum atomic E-state index is 12.4. The van der Waals surface area contributed by atoms with Crippen molar-refractivity contribution in [3.63, 3.8) is 0 Å². The van der Waals surface area contributed by atoms with Crippen molar-refractivity contribution < 1.29 is 9.59 Å². The normalized spacial score (nSPS) is 16.7. The number of pyridine rings is 1. The Hall–Kier alpha value is -2.43. The predicted octanol–water partition coefficient (Wildman–Crippen LogP) is 4.32. The van der Waals surface area contributed by atoms with Gasteiger partial charge in [-0.15, -0.1) is 0 Å². The molecule has 2 N–H and O–H groups in total. The molecule has 0 aliphatic heterocycles. The van der Waals surface area contributed by atoms with E-state index in [2.05, 4.69) is 27.8 Å². The summed E-state index contributed by atoms with van der Waals surface area (Å²) in [6, 6.07) is 1.62. The fraction of sp³-hybridized carbons (Fsp3) is 0.522. The fourth-order valence-corrected chi connectivity index (χ4v) is 3.83. The Morgan fingerprint density at radius 2 is 1.29 bits per heavy atom. The van der Waals surface area contributed by atoms with Crippen LogP contribution >= 0.6 is 0 Å². The third-order valence-corrected chi connectivity index (χ3v) is 5.50. The van der Waals surface area contributed by atoms with Gasteiger partial charge in [0.2, 0.25) is 0 Å². The van der Waals surface area contributed by atoms with Gasteiger partial charge in [-0.2, -0.15) is 0 Å².